The van der Waals surface area contributed by atoms with Gasteiger partial charge in [0.1, 0.15) is 4.99 Å². The van der Waals surface area contributed by atoms with Crippen molar-refractivity contribution < 1.29 is 0 Å². The molecule has 1 aliphatic rings. The number of aromatic nitrogens is 2. The van der Waals surface area contributed by atoms with Gasteiger partial charge in [0.15, 0.2) is 5.82 Å². The lowest BCUT2D eigenvalue weighted by Gasteiger charge is -2.29. The lowest BCUT2D eigenvalue weighted by Crippen LogP contribution is -2.39. The molecule has 0 bridgehead atoms. The van der Waals surface area contributed by atoms with Crippen molar-refractivity contribution in [3.05, 3.63) is 17.8 Å². The van der Waals surface area contributed by atoms with E-state index in [1.807, 2.05) is 6.07 Å². The number of nitrogens with zero attached hydrogens (tertiary/aromatic N) is 4. The second-order valence-corrected chi connectivity index (χ2v) is 5.23. The molecule has 1 aromatic heterocycles. The van der Waals surface area contributed by atoms with Crippen molar-refractivity contribution in [2.24, 2.45) is 5.73 Å². The van der Waals surface area contributed by atoms with Crippen molar-refractivity contribution in [2.45, 2.75) is 19.4 Å². The molecule has 1 saturated heterocycles. The first-order valence-electron chi connectivity index (χ1n) is 6.16. The smallest absolute Gasteiger partial charge is 0.161 e. The van der Waals surface area contributed by atoms with Crippen LogP contribution in [0.25, 0.3) is 0 Å². The Kier molecular flexibility index (Phi) is 4.08. The monoisotopic (exact) mass is 265 g/mol. The van der Waals surface area contributed by atoms with Crippen LogP contribution in [0.1, 0.15) is 18.9 Å². The molecule has 2 heterocycles. The predicted octanol–water partition coefficient (Wildman–Crippen LogP) is 0.641. The van der Waals surface area contributed by atoms with E-state index in [4.69, 9.17) is 18.0 Å². The average Bonchev–Trinajstić information content (AvgIpc) is 2.50. The lowest BCUT2D eigenvalue weighted by atomic mass is 10.2. The van der Waals surface area contributed by atoms with Crippen LogP contribution in [0.2, 0.25) is 0 Å². The second-order valence-electron chi connectivity index (χ2n) is 4.79. The maximum atomic E-state index is 5.76. The summed E-state index contributed by atoms with van der Waals surface area (Å²) in [5.41, 5.74) is 6.58. The van der Waals surface area contributed by atoms with E-state index in [2.05, 4.69) is 34.0 Å². The first-order valence-corrected chi connectivity index (χ1v) is 6.57. The number of hydrogen-bond donors (Lipinski definition) is 1. The van der Waals surface area contributed by atoms with E-state index in [0.29, 0.717) is 11.0 Å². The van der Waals surface area contributed by atoms with Gasteiger partial charge in [-0.1, -0.05) is 12.2 Å². The molecule has 6 heteroatoms. The molecule has 2 N–H and O–H groups in total. The van der Waals surface area contributed by atoms with E-state index >= 15 is 0 Å². The van der Waals surface area contributed by atoms with Gasteiger partial charge in [-0.2, -0.15) is 5.10 Å². The van der Waals surface area contributed by atoms with Crippen molar-refractivity contribution in [3.8, 4) is 0 Å². The molecule has 1 atom stereocenters. The first-order chi connectivity index (χ1) is 8.59. The highest BCUT2D eigenvalue weighted by molar-refractivity contribution is 7.80. The molecule has 2 rings (SSSR count). The first kappa shape index (κ1) is 13.2. The van der Waals surface area contributed by atoms with Gasteiger partial charge in [0, 0.05) is 19.1 Å². The van der Waals surface area contributed by atoms with E-state index in [1.54, 1.807) is 6.20 Å². The summed E-state index contributed by atoms with van der Waals surface area (Å²) in [4.78, 5) is 4.97. The summed E-state index contributed by atoms with van der Waals surface area (Å²) >= 11 is 5.09. The zero-order valence-electron chi connectivity index (χ0n) is 10.8. The number of likely N-dealkylation sites (N-methyl/N-ethyl adjacent to an activating group) is 1. The van der Waals surface area contributed by atoms with Gasteiger partial charge < -0.3 is 15.5 Å². The van der Waals surface area contributed by atoms with E-state index in [0.717, 1.165) is 37.4 Å². The fourth-order valence-corrected chi connectivity index (χ4v) is 2.58. The van der Waals surface area contributed by atoms with Crippen molar-refractivity contribution in [2.75, 3.05) is 31.6 Å². The molecule has 0 amide bonds. The predicted molar refractivity (Wildman–Crippen MR) is 76.8 cm³/mol. The highest BCUT2D eigenvalue weighted by Gasteiger charge is 2.23. The Bertz CT molecular complexity index is 436. The van der Waals surface area contributed by atoms with Crippen LogP contribution in [-0.4, -0.2) is 52.8 Å². The van der Waals surface area contributed by atoms with Gasteiger partial charge in [0.25, 0.3) is 0 Å². The van der Waals surface area contributed by atoms with Crippen LogP contribution in [0.15, 0.2) is 12.3 Å². The van der Waals surface area contributed by atoms with Gasteiger partial charge in [0.2, 0.25) is 0 Å². The average molecular weight is 265 g/mol. The molecule has 1 unspecified atom stereocenters. The Morgan fingerprint density at radius 1 is 1.50 bits per heavy atom. The number of rotatable bonds is 2. The Morgan fingerprint density at radius 3 is 3.00 bits per heavy atom. The molecular formula is C12H19N5S. The topological polar surface area (TPSA) is 58.3 Å². The third kappa shape index (κ3) is 2.76. The Morgan fingerprint density at radius 2 is 2.28 bits per heavy atom. The van der Waals surface area contributed by atoms with Crippen LogP contribution in [0.4, 0.5) is 5.82 Å². The summed E-state index contributed by atoms with van der Waals surface area (Å²) in [6, 6.07) is 2.22. The highest BCUT2D eigenvalue weighted by Crippen LogP contribution is 2.21. The van der Waals surface area contributed by atoms with Crippen LogP contribution >= 0.6 is 12.2 Å². The van der Waals surface area contributed by atoms with Crippen molar-refractivity contribution in [3.63, 3.8) is 0 Å². The van der Waals surface area contributed by atoms with Gasteiger partial charge in [0.05, 0.1) is 11.8 Å². The summed E-state index contributed by atoms with van der Waals surface area (Å²) in [5, 5.41) is 8.20. The van der Waals surface area contributed by atoms with Crippen molar-refractivity contribution >= 4 is 23.0 Å². The van der Waals surface area contributed by atoms with Crippen LogP contribution in [0.5, 0.6) is 0 Å². The summed E-state index contributed by atoms with van der Waals surface area (Å²) in [7, 11) is 2.14. The normalized spacial score (nSPS) is 21.7. The quantitative estimate of drug-likeness (QED) is 0.792. The van der Waals surface area contributed by atoms with Crippen LogP contribution in [0, 0.1) is 0 Å². The largest absolute Gasteiger partial charge is 0.389 e. The fraction of sp³-hybridized carbons (Fsp3) is 0.583. The molecule has 0 aliphatic carbocycles. The number of anilines is 1. The standard InChI is InChI=1S/C12H19N5S/c1-9-8-16(2)6-3-7-17(9)12-10(11(13)18)4-5-14-15-12/h4-5,9H,3,6-8H2,1-2H3,(H2,13,18). The van der Waals surface area contributed by atoms with Gasteiger partial charge >= 0.3 is 0 Å². The number of hydrogen-bond acceptors (Lipinski definition) is 5. The Balaban J connectivity index is 2.32. The van der Waals surface area contributed by atoms with Gasteiger partial charge in [-0.3, -0.25) is 0 Å². The molecule has 0 aromatic carbocycles. The van der Waals surface area contributed by atoms with Crippen LogP contribution in [-0.2, 0) is 0 Å². The summed E-state index contributed by atoms with van der Waals surface area (Å²) in [5.74, 6) is 0.813. The molecule has 98 valence electrons. The summed E-state index contributed by atoms with van der Waals surface area (Å²) < 4.78 is 0. The molecule has 0 radical (unpaired) electrons. The van der Waals surface area contributed by atoms with E-state index in [9.17, 15) is 0 Å². The Hall–Kier alpha value is -1.27. The van der Waals surface area contributed by atoms with Crippen molar-refractivity contribution in [1.82, 2.24) is 15.1 Å². The number of thiocarbonyl (C=S) groups is 1. The maximum absolute atomic E-state index is 5.76. The molecule has 1 fully saturated rings. The maximum Gasteiger partial charge on any atom is 0.161 e. The molecule has 0 spiro atoms. The van der Waals surface area contributed by atoms with Gasteiger partial charge in [-0.25, -0.2) is 0 Å². The molecule has 0 saturated carbocycles. The van der Waals surface area contributed by atoms with Crippen LogP contribution < -0.4 is 10.6 Å². The van der Waals surface area contributed by atoms with Crippen molar-refractivity contribution in [1.29, 1.82) is 0 Å². The van der Waals surface area contributed by atoms with Gasteiger partial charge in [-0.05, 0) is 33.0 Å². The fourth-order valence-electron chi connectivity index (χ4n) is 2.42. The minimum absolute atomic E-state index is 0.377. The van der Waals surface area contributed by atoms with E-state index in [1.165, 1.54) is 0 Å². The van der Waals surface area contributed by atoms with E-state index < -0.39 is 0 Å². The summed E-state index contributed by atoms with van der Waals surface area (Å²) in [6.45, 7) is 5.26. The molecule has 1 aliphatic heterocycles. The second kappa shape index (κ2) is 5.58. The lowest BCUT2D eigenvalue weighted by molar-refractivity contribution is 0.337. The third-order valence-corrected chi connectivity index (χ3v) is 3.51. The zero-order valence-corrected chi connectivity index (χ0v) is 11.7. The molecule has 5 nitrogen and oxygen atoms in total. The van der Waals surface area contributed by atoms with Crippen LogP contribution in [0.3, 0.4) is 0 Å². The summed E-state index contributed by atoms with van der Waals surface area (Å²) in [6.07, 6.45) is 2.74. The third-order valence-electron chi connectivity index (χ3n) is 3.29. The minimum Gasteiger partial charge on any atom is -0.389 e. The zero-order chi connectivity index (χ0) is 13.1. The molecule has 18 heavy (non-hydrogen) atoms. The Labute approximate surface area is 113 Å². The minimum atomic E-state index is 0.377. The number of nitrogens with two attached hydrogens (primary N) is 1. The highest BCUT2D eigenvalue weighted by atomic mass is 32.1. The van der Waals surface area contributed by atoms with Gasteiger partial charge in [-0.15, -0.1) is 5.10 Å². The van der Waals surface area contributed by atoms with E-state index in [-0.39, 0.29) is 0 Å². The SMILES string of the molecule is CC1CN(C)CCCN1c1nnccc1C(N)=S. The molecular weight excluding hydrogens is 246 g/mol. The molecule has 1 aromatic rings.